The van der Waals surface area contributed by atoms with E-state index in [0.29, 0.717) is 18.9 Å². The molecule has 2 aromatic carbocycles. The highest BCUT2D eigenvalue weighted by Gasteiger charge is 2.20. The standard InChI is InChI=1S/C23H17N3O3/c27-23(28)15-5-6-22-19(11-15)18(17-4-2-1-3-16(17)13-29-22)8-10-26-14-25-20-12-24-9-7-21(20)26/h1-9,11-12,14H,10,13H2,(H,27,28)/b18-8+. The predicted octanol–water partition coefficient (Wildman–Crippen LogP) is 4.15. The first-order valence-electron chi connectivity index (χ1n) is 9.24. The molecule has 6 heteroatoms. The summed E-state index contributed by atoms with van der Waals surface area (Å²) < 4.78 is 8.03. The lowest BCUT2D eigenvalue weighted by Crippen LogP contribution is -2.00. The third-order valence-corrected chi connectivity index (χ3v) is 5.12. The molecule has 0 saturated carbocycles. The van der Waals surface area contributed by atoms with Gasteiger partial charge in [-0.15, -0.1) is 0 Å². The number of aromatic carboxylic acids is 1. The first-order valence-corrected chi connectivity index (χ1v) is 9.24. The minimum Gasteiger partial charge on any atom is -0.488 e. The largest absolute Gasteiger partial charge is 0.488 e. The zero-order valence-electron chi connectivity index (χ0n) is 15.4. The summed E-state index contributed by atoms with van der Waals surface area (Å²) in [6.07, 6.45) is 7.37. The second-order valence-electron chi connectivity index (χ2n) is 6.84. The number of carboxylic acids is 1. The van der Waals surface area contributed by atoms with E-state index in [2.05, 4.69) is 16.0 Å². The fraction of sp³-hybridized carbons (Fsp3) is 0.0870. The van der Waals surface area contributed by atoms with Crippen molar-refractivity contribution in [2.75, 3.05) is 0 Å². The molecule has 0 unspecified atom stereocenters. The van der Waals surface area contributed by atoms with E-state index in [4.69, 9.17) is 4.74 Å². The smallest absolute Gasteiger partial charge is 0.335 e. The van der Waals surface area contributed by atoms with Crippen LogP contribution >= 0.6 is 0 Å². The number of imidazole rings is 1. The van der Waals surface area contributed by atoms with Crippen LogP contribution in [0.25, 0.3) is 16.6 Å². The van der Waals surface area contributed by atoms with Crippen LogP contribution in [0, 0.1) is 0 Å². The second-order valence-corrected chi connectivity index (χ2v) is 6.84. The fourth-order valence-corrected chi connectivity index (χ4v) is 3.68. The number of allylic oxidation sites excluding steroid dienone is 1. The van der Waals surface area contributed by atoms with E-state index in [9.17, 15) is 9.90 Å². The number of ether oxygens (including phenoxy) is 1. The number of benzene rings is 2. The van der Waals surface area contributed by atoms with Gasteiger partial charge in [-0.3, -0.25) is 4.98 Å². The summed E-state index contributed by atoms with van der Waals surface area (Å²) in [6.45, 7) is 1.02. The molecule has 1 N–H and O–H groups in total. The van der Waals surface area contributed by atoms with E-state index < -0.39 is 5.97 Å². The van der Waals surface area contributed by atoms with Gasteiger partial charge in [-0.2, -0.15) is 0 Å². The van der Waals surface area contributed by atoms with Crippen molar-refractivity contribution in [3.63, 3.8) is 0 Å². The molecular weight excluding hydrogens is 366 g/mol. The summed E-state index contributed by atoms with van der Waals surface area (Å²) in [5, 5.41) is 9.46. The van der Waals surface area contributed by atoms with E-state index in [1.54, 1.807) is 36.9 Å². The summed E-state index contributed by atoms with van der Waals surface area (Å²) in [5.74, 6) is -0.282. The molecule has 29 heavy (non-hydrogen) atoms. The van der Waals surface area contributed by atoms with Crippen LogP contribution in [-0.4, -0.2) is 25.6 Å². The van der Waals surface area contributed by atoms with Crippen molar-refractivity contribution in [1.29, 1.82) is 0 Å². The number of aromatic nitrogens is 3. The maximum absolute atomic E-state index is 11.5. The normalized spacial score (nSPS) is 14.1. The molecule has 0 aliphatic carbocycles. The van der Waals surface area contributed by atoms with Gasteiger partial charge in [0.15, 0.2) is 0 Å². The number of nitrogens with zero attached hydrogens (tertiary/aromatic N) is 3. The van der Waals surface area contributed by atoms with Gasteiger partial charge >= 0.3 is 5.97 Å². The Morgan fingerprint density at radius 2 is 2.07 bits per heavy atom. The Bertz CT molecular complexity index is 1270. The number of rotatable bonds is 3. The highest BCUT2D eigenvalue weighted by atomic mass is 16.5. The van der Waals surface area contributed by atoms with Crippen molar-refractivity contribution in [3.8, 4) is 5.75 Å². The molecule has 2 aromatic heterocycles. The molecule has 0 spiro atoms. The molecule has 1 aliphatic rings. The highest BCUT2D eigenvalue weighted by molar-refractivity contribution is 5.92. The maximum Gasteiger partial charge on any atom is 0.335 e. The van der Waals surface area contributed by atoms with Gasteiger partial charge in [0.05, 0.1) is 23.6 Å². The van der Waals surface area contributed by atoms with Gasteiger partial charge in [0.1, 0.15) is 17.9 Å². The summed E-state index contributed by atoms with van der Waals surface area (Å²) in [4.78, 5) is 20.0. The first kappa shape index (κ1) is 17.2. The number of hydrogen-bond donors (Lipinski definition) is 1. The fourth-order valence-electron chi connectivity index (χ4n) is 3.68. The number of carbonyl (C=O) groups is 1. The molecule has 5 rings (SSSR count). The van der Waals surface area contributed by atoms with Gasteiger partial charge in [0, 0.05) is 18.3 Å². The molecule has 0 fully saturated rings. The summed E-state index contributed by atoms with van der Waals surface area (Å²) >= 11 is 0. The SMILES string of the molecule is O=C(O)c1ccc2c(c1)/C(=C/Cn1cnc3cnccc31)c1ccccc1CO2. The average molecular weight is 383 g/mol. The van der Waals surface area contributed by atoms with Crippen LogP contribution in [0.2, 0.25) is 0 Å². The van der Waals surface area contributed by atoms with Crippen LogP contribution in [-0.2, 0) is 13.2 Å². The second kappa shape index (κ2) is 6.91. The van der Waals surface area contributed by atoms with Gasteiger partial charge in [-0.1, -0.05) is 30.3 Å². The molecule has 6 nitrogen and oxygen atoms in total. The summed E-state index contributed by atoms with van der Waals surface area (Å²) in [7, 11) is 0. The molecule has 3 heterocycles. The minimum atomic E-state index is -0.960. The minimum absolute atomic E-state index is 0.233. The van der Waals surface area contributed by atoms with E-state index in [1.165, 1.54) is 0 Å². The van der Waals surface area contributed by atoms with E-state index in [1.807, 2.05) is 34.9 Å². The van der Waals surface area contributed by atoms with Crippen molar-refractivity contribution < 1.29 is 14.6 Å². The first-order chi connectivity index (χ1) is 14.2. The quantitative estimate of drug-likeness (QED) is 0.575. The molecule has 0 atom stereocenters. The molecule has 142 valence electrons. The summed E-state index contributed by atoms with van der Waals surface area (Å²) in [6, 6.07) is 15.0. The molecule has 0 radical (unpaired) electrons. The third kappa shape index (κ3) is 3.04. The van der Waals surface area contributed by atoms with Gasteiger partial charge in [-0.25, -0.2) is 9.78 Å². The van der Waals surface area contributed by atoms with Gasteiger partial charge < -0.3 is 14.4 Å². The molecule has 1 aliphatic heterocycles. The van der Waals surface area contributed by atoms with Crippen LogP contribution in [0.1, 0.15) is 27.0 Å². The Morgan fingerprint density at radius 3 is 2.97 bits per heavy atom. The molecule has 4 aromatic rings. The van der Waals surface area contributed by atoms with Crippen molar-refractivity contribution in [1.82, 2.24) is 14.5 Å². The van der Waals surface area contributed by atoms with Crippen LogP contribution in [0.5, 0.6) is 5.75 Å². The topological polar surface area (TPSA) is 77.2 Å². The molecular formula is C23H17N3O3. The van der Waals surface area contributed by atoms with E-state index >= 15 is 0 Å². The Balaban J connectivity index is 1.66. The lowest BCUT2D eigenvalue weighted by Gasteiger charge is -2.12. The molecule has 0 bridgehead atoms. The highest BCUT2D eigenvalue weighted by Crippen LogP contribution is 2.37. The lowest BCUT2D eigenvalue weighted by atomic mass is 9.93. The predicted molar refractivity (Wildman–Crippen MR) is 109 cm³/mol. The Kier molecular flexibility index (Phi) is 4.09. The number of hydrogen-bond acceptors (Lipinski definition) is 4. The van der Waals surface area contributed by atoms with Crippen LogP contribution in [0.4, 0.5) is 0 Å². The van der Waals surface area contributed by atoms with E-state index in [-0.39, 0.29) is 5.56 Å². The Morgan fingerprint density at radius 1 is 1.17 bits per heavy atom. The Hall–Kier alpha value is -3.93. The number of pyridine rings is 1. The van der Waals surface area contributed by atoms with Gasteiger partial charge in [0.2, 0.25) is 0 Å². The zero-order chi connectivity index (χ0) is 19.8. The van der Waals surface area contributed by atoms with Crippen LogP contribution in [0.3, 0.4) is 0 Å². The van der Waals surface area contributed by atoms with Crippen molar-refractivity contribution >= 4 is 22.6 Å². The monoisotopic (exact) mass is 383 g/mol. The Labute approximate surface area is 166 Å². The van der Waals surface area contributed by atoms with Crippen LogP contribution < -0.4 is 4.74 Å². The third-order valence-electron chi connectivity index (χ3n) is 5.12. The summed E-state index contributed by atoms with van der Waals surface area (Å²) in [5.41, 5.74) is 5.90. The van der Waals surface area contributed by atoms with Gasteiger partial charge in [-0.05, 0) is 41.0 Å². The van der Waals surface area contributed by atoms with E-state index in [0.717, 1.165) is 33.3 Å². The average Bonchev–Trinajstić information content (AvgIpc) is 3.09. The van der Waals surface area contributed by atoms with Crippen molar-refractivity contribution in [3.05, 3.63) is 95.6 Å². The zero-order valence-corrected chi connectivity index (χ0v) is 15.4. The lowest BCUT2D eigenvalue weighted by molar-refractivity contribution is 0.0697. The van der Waals surface area contributed by atoms with Crippen molar-refractivity contribution in [2.24, 2.45) is 0 Å². The van der Waals surface area contributed by atoms with Crippen LogP contribution in [0.15, 0.2) is 73.3 Å². The number of carboxylic acid groups (broad SMARTS) is 1. The van der Waals surface area contributed by atoms with Crippen molar-refractivity contribution in [2.45, 2.75) is 13.2 Å². The maximum atomic E-state index is 11.5. The van der Waals surface area contributed by atoms with Gasteiger partial charge in [0.25, 0.3) is 0 Å². The molecule has 0 amide bonds. The molecule has 0 saturated heterocycles. The number of fused-ring (bicyclic) bond motifs is 3.